The van der Waals surface area contributed by atoms with E-state index in [0.29, 0.717) is 24.3 Å². The topological polar surface area (TPSA) is 34.0 Å². The molecule has 27 heavy (non-hydrogen) atoms. The molecule has 0 atom stereocenters. The van der Waals surface area contributed by atoms with Gasteiger partial charge >= 0.3 is 0 Å². The second-order valence-corrected chi connectivity index (χ2v) is 8.44. The van der Waals surface area contributed by atoms with Gasteiger partial charge in [0.05, 0.1) is 11.2 Å². The van der Waals surface area contributed by atoms with Gasteiger partial charge in [-0.2, -0.15) is 0 Å². The molecule has 1 aliphatic heterocycles. The molecule has 3 rings (SSSR count). The lowest BCUT2D eigenvalue weighted by atomic mass is 9.92. The minimum atomic E-state index is -0.219. The van der Waals surface area contributed by atoms with Crippen molar-refractivity contribution in [1.29, 1.82) is 0 Å². The molecule has 0 aromatic heterocycles. The Bertz CT molecular complexity index is 835. The summed E-state index contributed by atoms with van der Waals surface area (Å²) in [4.78, 5) is 9.99. The van der Waals surface area contributed by atoms with Crippen LogP contribution >= 0.6 is 0 Å². The van der Waals surface area contributed by atoms with Crippen molar-refractivity contribution >= 4 is 17.3 Å². The predicted molar refractivity (Wildman–Crippen MR) is 115 cm³/mol. The summed E-state index contributed by atoms with van der Waals surface area (Å²) in [6, 6.07) is 16.7. The summed E-state index contributed by atoms with van der Waals surface area (Å²) in [5, 5.41) is 0. The lowest BCUT2D eigenvalue weighted by Crippen LogP contribution is -2.17. The van der Waals surface area contributed by atoms with Crippen molar-refractivity contribution in [2.24, 2.45) is 9.98 Å². The van der Waals surface area contributed by atoms with E-state index < -0.39 is 0 Å². The first-order valence-electron chi connectivity index (χ1n) is 9.78. The van der Waals surface area contributed by atoms with E-state index in [9.17, 15) is 0 Å². The molecule has 2 aromatic carbocycles. The molecule has 0 bridgehead atoms. The number of hydrogen-bond donors (Lipinski definition) is 0. The van der Waals surface area contributed by atoms with Gasteiger partial charge in [-0.1, -0.05) is 76.2 Å². The van der Waals surface area contributed by atoms with E-state index in [1.165, 1.54) is 11.1 Å². The molecule has 0 unspecified atom stereocenters. The molecule has 3 nitrogen and oxygen atoms in total. The Hall–Kier alpha value is -2.42. The maximum atomic E-state index is 5.98. The van der Waals surface area contributed by atoms with Crippen molar-refractivity contribution in [3.05, 3.63) is 65.2 Å². The molecule has 0 radical (unpaired) electrons. The largest absolute Gasteiger partial charge is 0.474 e. The van der Waals surface area contributed by atoms with E-state index >= 15 is 0 Å². The Balaban J connectivity index is 2.24. The maximum Gasteiger partial charge on any atom is 0.236 e. The fourth-order valence-corrected chi connectivity index (χ4v) is 3.29. The molecule has 0 spiro atoms. The van der Waals surface area contributed by atoms with Crippen molar-refractivity contribution in [2.45, 2.75) is 58.9 Å². The molecule has 0 amide bonds. The summed E-state index contributed by atoms with van der Waals surface area (Å²) in [6.07, 6.45) is 0. The average molecular weight is 363 g/mol. The zero-order valence-corrected chi connectivity index (χ0v) is 17.3. The van der Waals surface area contributed by atoms with Crippen LogP contribution in [0.3, 0.4) is 0 Å². The molecular weight excluding hydrogens is 332 g/mol. The van der Waals surface area contributed by atoms with Crippen LogP contribution in [0.4, 0.5) is 5.69 Å². The van der Waals surface area contributed by atoms with E-state index in [4.69, 9.17) is 14.7 Å². The Kier molecular flexibility index (Phi) is 5.50. The van der Waals surface area contributed by atoms with Gasteiger partial charge in [0.25, 0.3) is 0 Å². The highest BCUT2D eigenvalue weighted by Gasteiger charge is 2.30. The first-order chi connectivity index (χ1) is 12.8. The number of benzene rings is 2. The summed E-state index contributed by atoms with van der Waals surface area (Å²) >= 11 is 0. The lowest BCUT2D eigenvalue weighted by molar-refractivity contribution is 0.282. The monoisotopic (exact) mass is 362 g/mol. The highest BCUT2D eigenvalue weighted by Crippen LogP contribution is 2.35. The summed E-state index contributed by atoms with van der Waals surface area (Å²) in [5.41, 5.74) is 5.19. The third-order valence-electron chi connectivity index (χ3n) is 4.78. The van der Waals surface area contributed by atoms with Crippen molar-refractivity contribution < 1.29 is 4.74 Å². The van der Waals surface area contributed by atoms with Gasteiger partial charge in [-0.25, -0.2) is 9.98 Å². The molecule has 0 saturated carbocycles. The number of aliphatic imine (C=N–C) groups is 2. The summed E-state index contributed by atoms with van der Waals surface area (Å²) in [7, 11) is 0. The normalized spacial score (nSPS) is 16.6. The van der Waals surface area contributed by atoms with Crippen LogP contribution < -0.4 is 0 Å². The fraction of sp³-hybridized carbons (Fsp3) is 0.417. The first-order valence-corrected chi connectivity index (χ1v) is 9.78. The van der Waals surface area contributed by atoms with Gasteiger partial charge in [0, 0.05) is 5.56 Å². The highest BCUT2D eigenvalue weighted by molar-refractivity contribution is 6.46. The minimum absolute atomic E-state index is 0.219. The second kappa shape index (κ2) is 7.67. The molecule has 0 fully saturated rings. The zero-order chi connectivity index (χ0) is 19.6. The van der Waals surface area contributed by atoms with Crippen molar-refractivity contribution in [3.8, 4) is 0 Å². The molecule has 0 aliphatic carbocycles. The number of para-hydroxylation sites is 1. The molecule has 0 N–H and O–H groups in total. The van der Waals surface area contributed by atoms with Gasteiger partial charge in [-0.3, -0.25) is 0 Å². The zero-order valence-electron chi connectivity index (χ0n) is 17.3. The van der Waals surface area contributed by atoms with Gasteiger partial charge in [0.1, 0.15) is 12.3 Å². The molecule has 1 heterocycles. The van der Waals surface area contributed by atoms with Crippen molar-refractivity contribution in [2.75, 3.05) is 6.61 Å². The molecule has 1 aliphatic rings. The molecule has 142 valence electrons. The number of nitrogens with zero attached hydrogens (tertiary/aromatic N) is 2. The van der Waals surface area contributed by atoms with Crippen LogP contribution in [0.2, 0.25) is 0 Å². The van der Waals surface area contributed by atoms with Crippen LogP contribution in [0.5, 0.6) is 0 Å². The van der Waals surface area contributed by atoms with E-state index in [0.717, 1.165) is 17.0 Å². The Morgan fingerprint density at radius 2 is 1.52 bits per heavy atom. The van der Waals surface area contributed by atoms with Crippen LogP contribution in [-0.2, 0) is 4.74 Å². The van der Waals surface area contributed by atoms with E-state index in [1.54, 1.807) is 0 Å². The fourth-order valence-electron chi connectivity index (χ4n) is 3.29. The van der Waals surface area contributed by atoms with Crippen LogP contribution in [0, 0.1) is 0 Å². The molecule has 0 saturated heterocycles. The predicted octanol–water partition coefficient (Wildman–Crippen LogP) is 6.26. The molecule has 2 aromatic rings. The third kappa shape index (κ3) is 4.29. The van der Waals surface area contributed by atoms with E-state index in [2.05, 4.69) is 71.9 Å². The van der Waals surface area contributed by atoms with Gasteiger partial charge in [-0.15, -0.1) is 0 Å². The number of rotatable bonds is 5. The summed E-state index contributed by atoms with van der Waals surface area (Å²) in [6.45, 7) is 13.6. The Labute approximate surface area is 163 Å². The van der Waals surface area contributed by atoms with Crippen molar-refractivity contribution in [3.63, 3.8) is 0 Å². The lowest BCUT2D eigenvalue weighted by Gasteiger charge is -2.18. The van der Waals surface area contributed by atoms with E-state index in [1.807, 2.05) is 18.2 Å². The van der Waals surface area contributed by atoms with Crippen LogP contribution in [0.25, 0.3) is 0 Å². The van der Waals surface area contributed by atoms with Gasteiger partial charge in [0.15, 0.2) is 0 Å². The first kappa shape index (κ1) is 19.3. The quantitative estimate of drug-likeness (QED) is 0.578. The number of hydrogen-bond acceptors (Lipinski definition) is 3. The Morgan fingerprint density at radius 1 is 0.926 bits per heavy atom. The summed E-state index contributed by atoms with van der Waals surface area (Å²) in [5.74, 6) is 1.42. The van der Waals surface area contributed by atoms with Crippen LogP contribution in [0.1, 0.15) is 70.1 Å². The second-order valence-electron chi connectivity index (χ2n) is 8.44. The molecular formula is C24H30N2O. The number of ether oxygens (including phenoxy) is 1. The van der Waals surface area contributed by atoms with E-state index in [-0.39, 0.29) is 5.54 Å². The van der Waals surface area contributed by atoms with Crippen LogP contribution in [-0.4, -0.2) is 23.8 Å². The standard InChI is InChI=1S/C24H30N2O/c1-16(2)19-13-10-14-20(17(3)4)22(19)25-21(18-11-8-7-9-12-18)23-26-24(5,6)15-27-23/h7-14,16-17H,15H2,1-6H3. The van der Waals surface area contributed by atoms with Crippen molar-refractivity contribution in [1.82, 2.24) is 0 Å². The Morgan fingerprint density at radius 3 is 2.00 bits per heavy atom. The highest BCUT2D eigenvalue weighted by atomic mass is 16.5. The maximum absolute atomic E-state index is 5.98. The third-order valence-corrected chi connectivity index (χ3v) is 4.78. The van der Waals surface area contributed by atoms with Gasteiger partial charge in [0.2, 0.25) is 5.90 Å². The smallest absolute Gasteiger partial charge is 0.236 e. The molecule has 3 heteroatoms. The van der Waals surface area contributed by atoms with Gasteiger partial charge in [-0.05, 0) is 36.8 Å². The average Bonchev–Trinajstić information content (AvgIpc) is 2.99. The minimum Gasteiger partial charge on any atom is -0.474 e. The SMILES string of the molecule is CC(C)c1cccc(C(C)C)c1N=C(C1=NC(C)(C)CO1)c1ccccc1. The summed E-state index contributed by atoms with van der Waals surface area (Å²) < 4.78 is 5.98. The van der Waals surface area contributed by atoms with Gasteiger partial charge < -0.3 is 4.74 Å². The van der Waals surface area contributed by atoms with Crippen LogP contribution in [0.15, 0.2) is 58.5 Å².